The summed E-state index contributed by atoms with van der Waals surface area (Å²) in [7, 11) is 1.50. The van der Waals surface area contributed by atoms with Gasteiger partial charge in [0.05, 0.1) is 6.61 Å². The molecule has 20 heavy (non-hydrogen) atoms. The Morgan fingerprint density at radius 1 is 1.30 bits per heavy atom. The van der Waals surface area contributed by atoms with Gasteiger partial charge in [0.25, 0.3) is 0 Å². The standard InChI is InChI=1S/C14H20N2O4/c1-16(9-10-17)14(20)15-12(13(18)19)8-7-11-5-3-2-4-6-11/h2-6,12,17H,7-10H2,1H3,(H,15,20)(H,18,19). The van der Waals surface area contributed by atoms with E-state index in [4.69, 9.17) is 10.2 Å². The highest BCUT2D eigenvalue weighted by Gasteiger charge is 2.21. The zero-order valence-corrected chi connectivity index (χ0v) is 11.5. The van der Waals surface area contributed by atoms with Gasteiger partial charge in [-0.05, 0) is 18.4 Å². The van der Waals surface area contributed by atoms with Crippen molar-refractivity contribution in [3.63, 3.8) is 0 Å². The number of nitrogens with zero attached hydrogens (tertiary/aromatic N) is 1. The normalized spacial score (nSPS) is 11.7. The smallest absolute Gasteiger partial charge is 0.326 e. The van der Waals surface area contributed by atoms with Crippen LogP contribution in [0.4, 0.5) is 4.79 Å². The van der Waals surface area contributed by atoms with Crippen LogP contribution >= 0.6 is 0 Å². The van der Waals surface area contributed by atoms with Gasteiger partial charge < -0.3 is 20.4 Å². The van der Waals surface area contributed by atoms with Gasteiger partial charge in [0.15, 0.2) is 0 Å². The van der Waals surface area contributed by atoms with Crippen molar-refractivity contribution in [1.29, 1.82) is 0 Å². The molecule has 110 valence electrons. The summed E-state index contributed by atoms with van der Waals surface area (Å²) in [6.45, 7) is 0.00251. The van der Waals surface area contributed by atoms with Gasteiger partial charge in [-0.2, -0.15) is 0 Å². The summed E-state index contributed by atoms with van der Waals surface area (Å²) in [5.41, 5.74) is 1.02. The fourth-order valence-electron chi connectivity index (χ4n) is 1.72. The van der Waals surface area contributed by atoms with E-state index < -0.39 is 18.0 Å². The van der Waals surface area contributed by atoms with Gasteiger partial charge in [-0.15, -0.1) is 0 Å². The highest BCUT2D eigenvalue weighted by atomic mass is 16.4. The zero-order valence-electron chi connectivity index (χ0n) is 11.5. The SMILES string of the molecule is CN(CCO)C(=O)NC(CCc1ccccc1)C(=O)O. The highest BCUT2D eigenvalue weighted by Crippen LogP contribution is 2.05. The van der Waals surface area contributed by atoms with Crippen molar-refractivity contribution in [2.45, 2.75) is 18.9 Å². The van der Waals surface area contributed by atoms with Crippen LogP contribution in [0, 0.1) is 0 Å². The molecule has 1 atom stereocenters. The Hall–Kier alpha value is -2.08. The molecule has 3 N–H and O–H groups in total. The zero-order chi connectivity index (χ0) is 15.0. The van der Waals surface area contributed by atoms with E-state index >= 15 is 0 Å². The Balaban J connectivity index is 2.52. The summed E-state index contributed by atoms with van der Waals surface area (Å²) >= 11 is 0. The number of carbonyl (C=O) groups excluding carboxylic acids is 1. The second-order valence-electron chi connectivity index (χ2n) is 4.51. The van der Waals surface area contributed by atoms with Crippen molar-refractivity contribution in [3.05, 3.63) is 35.9 Å². The van der Waals surface area contributed by atoms with Gasteiger partial charge in [-0.25, -0.2) is 9.59 Å². The van der Waals surface area contributed by atoms with Crippen LogP contribution in [0.25, 0.3) is 0 Å². The average molecular weight is 280 g/mol. The van der Waals surface area contributed by atoms with E-state index in [0.717, 1.165) is 5.56 Å². The number of aliphatic carboxylic acids is 1. The van der Waals surface area contributed by atoms with E-state index in [-0.39, 0.29) is 13.2 Å². The summed E-state index contributed by atoms with van der Waals surface area (Å²) in [5.74, 6) is -1.06. The van der Waals surface area contributed by atoms with Crippen molar-refractivity contribution in [3.8, 4) is 0 Å². The van der Waals surface area contributed by atoms with E-state index in [1.807, 2.05) is 30.3 Å². The monoisotopic (exact) mass is 280 g/mol. The van der Waals surface area contributed by atoms with Crippen molar-refractivity contribution in [2.75, 3.05) is 20.2 Å². The first-order valence-electron chi connectivity index (χ1n) is 6.43. The fourth-order valence-corrected chi connectivity index (χ4v) is 1.72. The number of aliphatic hydroxyl groups excluding tert-OH is 1. The van der Waals surface area contributed by atoms with Crippen molar-refractivity contribution < 1.29 is 19.8 Å². The lowest BCUT2D eigenvalue weighted by Gasteiger charge is -2.20. The van der Waals surface area contributed by atoms with Crippen LogP contribution in [0.5, 0.6) is 0 Å². The summed E-state index contributed by atoms with van der Waals surface area (Å²) in [4.78, 5) is 24.1. The first-order valence-corrected chi connectivity index (χ1v) is 6.43. The number of amides is 2. The maximum atomic E-state index is 11.7. The molecule has 6 heteroatoms. The Bertz CT molecular complexity index is 436. The molecule has 0 aliphatic rings. The number of aliphatic hydroxyl groups is 1. The minimum absolute atomic E-state index is 0.161. The van der Waals surface area contributed by atoms with Crippen LogP contribution in [-0.2, 0) is 11.2 Å². The molecule has 0 aliphatic carbocycles. The third-order valence-corrected chi connectivity index (χ3v) is 2.94. The third kappa shape index (κ3) is 5.27. The number of nitrogens with one attached hydrogen (secondary N) is 1. The first-order chi connectivity index (χ1) is 9.54. The van der Waals surface area contributed by atoms with E-state index in [2.05, 4.69) is 5.32 Å². The number of carboxylic acids is 1. The Morgan fingerprint density at radius 2 is 1.95 bits per heavy atom. The molecule has 1 aromatic carbocycles. The first kappa shape index (κ1) is 16.0. The lowest BCUT2D eigenvalue weighted by Crippen LogP contribution is -2.47. The van der Waals surface area contributed by atoms with Crippen molar-refractivity contribution in [2.24, 2.45) is 0 Å². The molecular formula is C14H20N2O4. The number of hydrogen-bond acceptors (Lipinski definition) is 3. The van der Waals surface area contributed by atoms with Crippen LogP contribution < -0.4 is 5.32 Å². The third-order valence-electron chi connectivity index (χ3n) is 2.94. The largest absolute Gasteiger partial charge is 0.480 e. The second kappa shape index (κ2) is 8.16. The topological polar surface area (TPSA) is 89.9 Å². The van der Waals surface area contributed by atoms with E-state index in [1.165, 1.54) is 11.9 Å². The van der Waals surface area contributed by atoms with Gasteiger partial charge in [0.2, 0.25) is 0 Å². The van der Waals surface area contributed by atoms with Crippen molar-refractivity contribution in [1.82, 2.24) is 10.2 Å². The fraction of sp³-hybridized carbons (Fsp3) is 0.429. The number of carbonyl (C=O) groups is 2. The maximum absolute atomic E-state index is 11.7. The molecule has 1 rings (SSSR count). The molecule has 0 radical (unpaired) electrons. The number of likely N-dealkylation sites (N-methyl/N-ethyl adjacent to an activating group) is 1. The number of benzene rings is 1. The number of rotatable bonds is 7. The molecule has 1 unspecified atom stereocenters. The summed E-state index contributed by atoms with van der Waals surface area (Å²) < 4.78 is 0. The molecule has 2 amide bonds. The molecule has 0 aromatic heterocycles. The number of hydrogen-bond donors (Lipinski definition) is 3. The molecule has 1 aromatic rings. The molecular weight excluding hydrogens is 260 g/mol. The molecule has 0 bridgehead atoms. The minimum Gasteiger partial charge on any atom is -0.480 e. The molecule has 0 fully saturated rings. The lowest BCUT2D eigenvalue weighted by atomic mass is 10.1. The van der Waals surface area contributed by atoms with Crippen LogP contribution in [0.15, 0.2) is 30.3 Å². The van der Waals surface area contributed by atoms with Gasteiger partial charge in [-0.1, -0.05) is 30.3 Å². The van der Waals surface area contributed by atoms with Crippen LogP contribution in [-0.4, -0.2) is 53.4 Å². The molecule has 0 heterocycles. The Morgan fingerprint density at radius 3 is 2.50 bits per heavy atom. The van der Waals surface area contributed by atoms with E-state index in [9.17, 15) is 9.59 Å². The molecule has 0 saturated heterocycles. The van der Waals surface area contributed by atoms with E-state index in [1.54, 1.807) is 0 Å². The number of carboxylic acid groups (broad SMARTS) is 1. The van der Waals surface area contributed by atoms with Gasteiger partial charge in [0, 0.05) is 13.6 Å². The predicted molar refractivity (Wildman–Crippen MR) is 74.4 cm³/mol. The molecule has 6 nitrogen and oxygen atoms in total. The summed E-state index contributed by atoms with van der Waals surface area (Å²) in [6.07, 6.45) is 0.889. The summed E-state index contributed by atoms with van der Waals surface area (Å²) in [5, 5.41) is 20.3. The predicted octanol–water partition coefficient (Wildman–Crippen LogP) is 0.706. The Kier molecular flexibility index (Phi) is 6.52. The quantitative estimate of drug-likeness (QED) is 0.686. The second-order valence-corrected chi connectivity index (χ2v) is 4.51. The molecule has 0 saturated carbocycles. The highest BCUT2D eigenvalue weighted by molar-refractivity contribution is 5.82. The maximum Gasteiger partial charge on any atom is 0.326 e. The number of urea groups is 1. The van der Waals surface area contributed by atoms with Gasteiger partial charge >= 0.3 is 12.0 Å². The van der Waals surface area contributed by atoms with E-state index in [0.29, 0.717) is 12.8 Å². The van der Waals surface area contributed by atoms with Crippen LogP contribution in [0.1, 0.15) is 12.0 Å². The van der Waals surface area contributed by atoms with Gasteiger partial charge in [0.1, 0.15) is 6.04 Å². The summed E-state index contributed by atoms with van der Waals surface area (Å²) in [6, 6.07) is 8.06. The lowest BCUT2D eigenvalue weighted by molar-refractivity contribution is -0.139. The van der Waals surface area contributed by atoms with Gasteiger partial charge in [-0.3, -0.25) is 0 Å². The van der Waals surface area contributed by atoms with Crippen LogP contribution in [0.2, 0.25) is 0 Å². The number of aryl methyl sites for hydroxylation is 1. The molecule has 0 aliphatic heterocycles. The average Bonchev–Trinajstić information content (AvgIpc) is 2.44. The minimum atomic E-state index is -1.06. The van der Waals surface area contributed by atoms with Crippen LogP contribution in [0.3, 0.4) is 0 Å². The van der Waals surface area contributed by atoms with Crippen molar-refractivity contribution >= 4 is 12.0 Å². The Labute approximate surface area is 118 Å². The molecule has 0 spiro atoms.